The molecule has 37 heavy (non-hydrogen) atoms. The van der Waals surface area contributed by atoms with E-state index < -0.39 is 55.0 Å². The van der Waals surface area contributed by atoms with Gasteiger partial charge in [0.2, 0.25) is 0 Å². The first-order chi connectivity index (χ1) is 17.5. The Bertz CT molecular complexity index is 868. The maximum atomic E-state index is 11.9. The second-order valence-electron chi connectivity index (χ2n) is 10.4. The summed E-state index contributed by atoms with van der Waals surface area (Å²) in [7, 11) is -9.96. The Morgan fingerprint density at radius 3 is 1.35 bits per heavy atom. The van der Waals surface area contributed by atoms with E-state index in [2.05, 4.69) is 11.7 Å². The fraction of sp³-hybridized carbons (Fsp3) is 0.923. The minimum absolute atomic E-state index is 0.250. The van der Waals surface area contributed by atoms with E-state index in [1.807, 2.05) is 0 Å². The SMILES string of the molecule is CCCCCCCCCCCCCCCCCCCCC(C(C1CC(=O)OC1=O)S(=O)(=O)O)S(=O)(=O)O. The summed E-state index contributed by atoms with van der Waals surface area (Å²) in [6, 6.07) is 0. The Balaban J connectivity index is 2.20. The van der Waals surface area contributed by atoms with Crippen molar-refractivity contribution in [3.63, 3.8) is 0 Å². The van der Waals surface area contributed by atoms with Crippen LogP contribution >= 0.6 is 0 Å². The third-order valence-corrected chi connectivity index (χ3v) is 10.0. The molecule has 218 valence electrons. The Kier molecular flexibility index (Phi) is 16.8. The van der Waals surface area contributed by atoms with Gasteiger partial charge in [-0.25, -0.2) is 0 Å². The number of hydrogen-bond donors (Lipinski definition) is 2. The van der Waals surface area contributed by atoms with Crippen LogP contribution in [0.4, 0.5) is 0 Å². The van der Waals surface area contributed by atoms with E-state index in [-0.39, 0.29) is 6.42 Å². The van der Waals surface area contributed by atoms with E-state index >= 15 is 0 Å². The van der Waals surface area contributed by atoms with E-state index in [1.54, 1.807) is 0 Å². The molecule has 1 aliphatic heterocycles. The lowest BCUT2D eigenvalue weighted by atomic mass is 9.97. The summed E-state index contributed by atoms with van der Waals surface area (Å²) in [6.45, 7) is 2.24. The number of rotatable bonds is 23. The van der Waals surface area contributed by atoms with Crippen LogP contribution in [-0.2, 0) is 34.6 Å². The van der Waals surface area contributed by atoms with E-state index in [9.17, 15) is 35.5 Å². The van der Waals surface area contributed by atoms with Crippen LogP contribution in [0.3, 0.4) is 0 Å². The second-order valence-corrected chi connectivity index (χ2v) is 13.6. The number of carbonyl (C=O) groups excluding carboxylic acids is 2. The predicted molar refractivity (Wildman–Crippen MR) is 143 cm³/mol. The van der Waals surface area contributed by atoms with Crippen molar-refractivity contribution in [2.24, 2.45) is 5.92 Å². The van der Waals surface area contributed by atoms with Crippen molar-refractivity contribution in [2.75, 3.05) is 0 Å². The number of hydrogen-bond acceptors (Lipinski definition) is 7. The smallest absolute Gasteiger partial charge is 0.318 e. The van der Waals surface area contributed by atoms with Gasteiger partial charge in [-0.2, -0.15) is 16.8 Å². The molecule has 1 rings (SSSR count). The van der Waals surface area contributed by atoms with E-state index in [1.165, 1.54) is 77.0 Å². The van der Waals surface area contributed by atoms with Crippen LogP contribution in [0.1, 0.15) is 135 Å². The minimum Gasteiger partial charge on any atom is -0.393 e. The van der Waals surface area contributed by atoms with Crippen LogP contribution in [0, 0.1) is 5.92 Å². The standard InChI is InChI=1S/C26H48O9S2/c1-2-3-4-5-6-7-8-9-10-11-12-13-14-15-16-17-18-19-20-23(36(29,30)31)25(37(32,33)34)22-21-24(27)35-26(22)28/h22-23,25H,2-21H2,1H3,(H,29,30,31)(H,32,33,34). The summed E-state index contributed by atoms with van der Waals surface area (Å²) in [5.74, 6) is -3.87. The number of esters is 2. The van der Waals surface area contributed by atoms with Gasteiger partial charge < -0.3 is 4.74 Å². The van der Waals surface area contributed by atoms with Crippen molar-refractivity contribution in [2.45, 2.75) is 146 Å². The quantitative estimate of drug-likeness (QED) is 0.0652. The molecule has 0 aliphatic carbocycles. The molecule has 0 saturated carbocycles. The maximum absolute atomic E-state index is 11.9. The molecule has 9 nitrogen and oxygen atoms in total. The second kappa shape index (κ2) is 18.3. The zero-order chi connectivity index (χ0) is 27.7. The first kappa shape index (κ1) is 34.0. The molecule has 2 N–H and O–H groups in total. The molecule has 11 heteroatoms. The average Bonchev–Trinajstić information content (AvgIpc) is 3.12. The van der Waals surface area contributed by atoms with Crippen LogP contribution < -0.4 is 0 Å². The van der Waals surface area contributed by atoms with Gasteiger partial charge in [0.15, 0.2) is 0 Å². The van der Waals surface area contributed by atoms with Crippen LogP contribution in [-0.4, -0.2) is 48.4 Å². The van der Waals surface area contributed by atoms with Gasteiger partial charge in [0.1, 0.15) is 10.5 Å². The Hall–Kier alpha value is -1.04. The zero-order valence-corrected chi connectivity index (χ0v) is 24.1. The monoisotopic (exact) mass is 568 g/mol. The molecule has 0 aromatic rings. The molecular formula is C26H48O9S2. The Labute approximate surface area is 224 Å². The van der Waals surface area contributed by atoms with E-state index in [4.69, 9.17) is 0 Å². The fourth-order valence-corrected chi connectivity index (χ4v) is 8.11. The molecule has 3 unspecified atom stereocenters. The average molecular weight is 569 g/mol. The molecule has 0 aromatic carbocycles. The van der Waals surface area contributed by atoms with E-state index in [0.717, 1.165) is 25.7 Å². The molecule has 0 radical (unpaired) electrons. The Morgan fingerprint density at radius 1 is 0.676 bits per heavy atom. The van der Waals surface area contributed by atoms with Gasteiger partial charge in [-0.3, -0.25) is 18.7 Å². The third kappa shape index (κ3) is 14.6. The highest BCUT2D eigenvalue weighted by Gasteiger charge is 2.52. The molecule has 0 amide bonds. The molecule has 0 aromatic heterocycles. The van der Waals surface area contributed by atoms with E-state index in [0.29, 0.717) is 12.8 Å². The first-order valence-electron chi connectivity index (χ1n) is 14.2. The van der Waals surface area contributed by atoms with Crippen molar-refractivity contribution in [1.29, 1.82) is 0 Å². The molecule has 1 aliphatic rings. The lowest BCUT2D eigenvalue weighted by Gasteiger charge is -2.24. The molecule has 1 heterocycles. The van der Waals surface area contributed by atoms with Crippen molar-refractivity contribution >= 4 is 32.2 Å². The Morgan fingerprint density at radius 2 is 1.05 bits per heavy atom. The normalized spacial score (nSPS) is 18.2. The minimum atomic E-state index is -5.05. The van der Waals surface area contributed by atoms with Gasteiger partial charge >= 0.3 is 11.9 Å². The van der Waals surface area contributed by atoms with Gasteiger partial charge in [0, 0.05) is 0 Å². The number of ether oxygens (including phenoxy) is 1. The fourth-order valence-electron chi connectivity index (χ4n) is 5.13. The summed E-state index contributed by atoms with van der Waals surface area (Å²) in [5.41, 5.74) is 0. The highest BCUT2D eigenvalue weighted by atomic mass is 32.2. The van der Waals surface area contributed by atoms with Gasteiger partial charge in [0.05, 0.1) is 12.3 Å². The number of unbranched alkanes of at least 4 members (excludes halogenated alkanes) is 17. The van der Waals surface area contributed by atoms with Crippen molar-refractivity contribution < 1.29 is 40.3 Å². The van der Waals surface area contributed by atoms with Gasteiger partial charge in [-0.05, 0) is 6.42 Å². The summed E-state index contributed by atoms with van der Waals surface area (Å²) in [6.07, 6.45) is 19.9. The highest BCUT2D eigenvalue weighted by molar-refractivity contribution is 7.90. The summed E-state index contributed by atoms with van der Waals surface area (Å²) in [4.78, 5) is 23.2. The number of cyclic esters (lactones) is 2. The van der Waals surface area contributed by atoms with Gasteiger partial charge in [-0.15, -0.1) is 0 Å². The molecule has 0 spiro atoms. The molecule has 1 saturated heterocycles. The van der Waals surface area contributed by atoms with Crippen molar-refractivity contribution in [3.05, 3.63) is 0 Å². The van der Waals surface area contributed by atoms with Gasteiger partial charge in [0.25, 0.3) is 20.2 Å². The summed E-state index contributed by atoms with van der Waals surface area (Å²) < 4.78 is 71.2. The molecule has 3 atom stereocenters. The third-order valence-electron chi connectivity index (χ3n) is 7.24. The largest absolute Gasteiger partial charge is 0.393 e. The number of carbonyl (C=O) groups is 2. The summed E-state index contributed by atoms with van der Waals surface area (Å²) >= 11 is 0. The zero-order valence-electron chi connectivity index (χ0n) is 22.4. The van der Waals surface area contributed by atoms with Crippen LogP contribution in [0.5, 0.6) is 0 Å². The van der Waals surface area contributed by atoms with Crippen LogP contribution in [0.15, 0.2) is 0 Å². The van der Waals surface area contributed by atoms with Gasteiger partial charge in [-0.1, -0.05) is 122 Å². The summed E-state index contributed by atoms with van der Waals surface area (Å²) in [5, 5.41) is -4.06. The van der Waals surface area contributed by atoms with Crippen LogP contribution in [0.2, 0.25) is 0 Å². The first-order valence-corrected chi connectivity index (χ1v) is 17.2. The molecule has 1 fully saturated rings. The lowest BCUT2D eigenvalue weighted by Crippen LogP contribution is -2.46. The highest BCUT2D eigenvalue weighted by Crippen LogP contribution is 2.31. The molecular weight excluding hydrogens is 520 g/mol. The van der Waals surface area contributed by atoms with Crippen LogP contribution in [0.25, 0.3) is 0 Å². The van der Waals surface area contributed by atoms with Crippen molar-refractivity contribution in [1.82, 2.24) is 0 Å². The predicted octanol–water partition coefficient (Wildman–Crippen LogP) is 6.02. The van der Waals surface area contributed by atoms with Crippen molar-refractivity contribution in [3.8, 4) is 0 Å². The molecule has 0 bridgehead atoms. The maximum Gasteiger partial charge on any atom is 0.318 e. The topological polar surface area (TPSA) is 152 Å². The lowest BCUT2D eigenvalue weighted by molar-refractivity contribution is -0.153.